The van der Waals surface area contributed by atoms with Crippen molar-refractivity contribution in [2.45, 2.75) is 82.6 Å². The summed E-state index contributed by atoms with van der Waals surface area (Å²) < 4.78 is 6.00. The van der Waals surface area contributed by atoms with E-state index in [9.17, 15) is 9.90 Å². The standard InChI is InChI=1S/C16H27NO3/c1-4-12-14(19)17-16(10(2)20-15(12,16)3)13(18)11-8-6-5-7-9-11/h10-13,18H,4-9H2,1-3H3,(H,17,19). The molecule has 3 aliphatic rings. The van der Waals surface area contributed by atoms with Gasteiger partial charge < -0.3 is 15.2 Å². The number of hydrogen-bond acceptors (Lipinski definition) is 3. The second-order valence-corrected chi connectivity index (χ2v) is 7.03. The molecule has 4 heteroatoms. The maximum Gasteiger partial charge on any atom is 0.226 e. The van der Waals surface area contributed by atoms with Crippen molar-refractivity contribution in [1.29, 1.82) is 0 Å². The quantitative estimate of drug-likeness (QED) is 0.832. The summed E-state index contributed by atoms with van der Waals surface area (Å²) in [5, 5.41) is 14.2. The maximum atomic E-state index is 12.3. The summed E-state index contributed by atoms with van der Waals surface area (Å²) in [6.45, 7) is 6.00. The van der Waals surface area contributed by atoms with Crippen LogP contribution < -0.4 is 5.32 Å². The van der Waals surface area contributed by atoms with Gasteiger partial charge in [0.15, 0.2) is 0 Å². The molecule has 0 spiro atoms. The molecule has 0 aromatic carbocycles. The maximum absolute atomic E-state index is 12.3. The molecule has 20 heavy (non-hydrogen) atoms. The lowest BCUT2D eigenvalue weighted by Gasteiger charge is -2.61. The van der Waals surface area contributed by atoms with E-state index in [1.807, 2.05) is 20.8 Å². The molecule has 1 saturated carbocycles. The van der Waals surface area contributed by atoms with Crippen molar-refractivity contribution in [3.8, 4) is 0 Å². The lowest BCUT2D eigenvalue weighted by molar-refractivity contribution is -0.299. The number of aliphatic hydroxyl groups excluding tert-OH is 1. The largest absolute Gasteiger partial charge is 0.390 e. The number of rotatable bonds is 3. The normalized spacial score (nSPS) is 46.5. The van der Waals surface area contributed by atoms with Crippen LogP contribution in [-0.4, -0.2) is 34.4 Å². The van der Waals surface area contributed by atoms with Crippen LogP contribution in [0.4, 0.5) is 0 Å². The monoisotopic (exact) mass is 281 g/mol. The Morgan fingerprint density at radius 1 is 1.40 bits per heavy atom. The third-order valence-electron chi connectivity index (χ3n) is 6.17. The minimum Gasteiger partial charge on any atom is -0.390 e. The average Bonchev–Trinajstić information content (AvgIpc) is 2.62. The molecule has 3 fully saturated rings. The number of carbonyl (C=O) groups is 1. The van der Waals surface area contributed by atoms with E-state index in [0.717, 1.165) is 19.3 Å². The van der Waals surface area contributed by atoms with Crippen molar-refractivity contribution in [2.75, 3.05) is 0 Å². The van der Waals surface area contributed by atoms with E-state index in [0.29, 0.717) is 5.92 Å². The summed E-state index contributed by atoms with van der Waals surface area (Å²) in [7, 11) is 0. The Morgan fingerprint density at radius 2 is 2.05 bits per heavy atom. The summed E-state index contributed by atoms with van der Waals surface area (Å²) in [6, 6.07) is 0. The van der Waals surface area contributed by atoms with Crippen molar-refractivity contribution in [3.63, 3.8) is 0 Å². The van der Waals surface area contributed by atoms with Crippen molar-refractivity contribution < 1.29 is 14.6 Å². The number of fused-ring (bicyclic) bond motifs is 1. The highest BCUT2D eigenvalue weighted by molar-refractivity contribution is 5.85. The SMILES string of the molecule is CCC1C(=O)NC2(C(O)C3CCCCC3)C(C)OC12C. The summed E-state index contributed by atoms with van der Waals surface area (Å²) >= 11 is 0. The molecule has 4 nitrogen and oxygen atoms in total. The van der Waals surface area contributed by atoms with Crippen LogP contribution in [0, 0.1) is 11.8 Å². The number of hydrogen-bond donors (Lipinski definition) is 2. The molecular formula is C16H27NO3. The van der Waals surface area contributed by atoms with E-state index in [-0.39, 0.29) is 17.9 Å². The molecule has 1 amide bonds. The Balaban J connectivity index is 1.90. The lowest BCUT2D eigenvalue weighted by Crippen LogP contribution is -2.81. The van der Waals surface area contributed by atoms with Crippen LogP contribution in [0.25, 0.3) is 0 Å². The highest BCUT2D eigenvalue weighted by atomic mass is 16.6. The molecular weight excluding hydrogens is 254 g/mol. The summed E-state index contributed by atoms with van der Waals surface area (Å²) in [5.74, 6) is 0.205. The third-order valence-corrected chi connectivity index (χ3v) is 6.17. The van der Waals surface area contributed by atoms with Gasteiger partial charge in [-0.3, -0.25) is 4.79 Å². The van der Waals surface area contributed by atoms with Crippen molar-refractivity contribution in [2.24, 2.45) is 11.8 Å². The first-order chi connectivity index (χ1) is 9.47. The van der Waals surface area contributed by atoms with E-state index >= 15 is 0 Å². The number of amides is 1. The number of ether oxygens (including phenoxy) is 1. The van der Waals surface area contributed by atoms with Gasteiger partial charge in [0.25, 0.3) is 0 Å². The lowest BCUT2D eigenvalue weighted by atomic mass is 9.61. The fourth-order valence-corrected chi connectivity index (χ4v) is 5.05. The molecule has 0 aromatic rings. The molecule has 2 saturated heterocycles. The van der Waals surface area contributed by atoms with Crippen LogP contribution in [0.2, 0.25) is 0 Å². The second-order valence-electron chi connectivity index (χ2n) is 7.03. The predicted molar refractivity (Wildman–Crippen MR) is 76.2 cm³/mol. The first-order valence-electron chi connectivity index (χ1n) is 8.15. The van der Waals surface area contributed by atoms with Gasteiger partial charge in [0.2, 0.25) is 5.91 Å². The van der Waals surface area contributed by atoms with Gasteiger partial charge >= 0.3 is 0 Å². The van der Waals surface area contributed by atoms with Crippen LogP contribution in [-0.2, 0) is 9.53 Å². The molecule has 2 aliphatic heterocycles. The Bertz CT molecular complexity index is 407. The zero-order valence-electron chi connectivity index (χ0n) is 12.8. The molecule has 3 rings (SSSR count). The zero-order chi connectivity index (χ0) is 14.5. The average molecular weight is 281 g/mol. The Kier molecular flexibility index (Phi) is 3.37. The first kappa shape index (κ1) is 14.3. The molecule has 0 aromatic heterocycles. The molecule has 5 atom stereocenters. The summed E-state index contributed by atoms with van der Waals surface area (Å²) in [4.78, 5) is 12.3. The van der Waals surface area contributed by atoms with E-state index < -0.39 is 17.2 Å². The number of nitrogens with one attached hydrogen (secondary N) is 1. The summed E-state index contributed by atoms with van der Waals surface area (Å²) in [6.07, 6.45) is 5.94. The Labute approximate surface area is 121 Å². The minimum absolute atomic E-state index is 0.0502. The second kappa shape index (κ2) is 4.70. The van der Waals surface area contributed by atoms with E-state index in [2.05, 4.69) is 5.32 Å². The smallest absolute Gasteiger partial charge is 0.226 e. The van der Waals surface area contributed by atoms with E-state index in [1.54, 1.807) is 0 Å². The fraction of sp³-hybridized carbons (Fsp3) is 0.938. The molecule has 0 radical (unpaired) electrons. The van der Waals surface area contributed by atoms with Crippen LogP contribution in [0.5, 0.6) is 0 Å². The molecule has 1 aliphatic carbocycles. The van der Waals surface area contributed by atoms with E-state index in [1.165, 1.54) is 19.3 Å². The summed E-state index contributed by atoms with van der Waals surface area (Å²) in [5.41, 5.74) is -1.12. The molecule has 0 bridgehead atoms. The molecule has 2 N–H and O–H groups in total. The van der Waals surface area contributed by atoms with Crippen LogP contribution in [0.3, 0.4) is 0 Å². The molecule has 2 heterocycles. The third kappa shape index (κ3) is 1.58. The van der Waals surface area contributed by atoms with Gasteiger partial charge in [-0.05, 0) is 39.0 Å². The highest BCUT2D eigenvalue weighted by Gasteiger charge is 2.75. The minimum atomic E-state index is -0.577. The Morgan fingerprint density at radius 3 is 2.60 bits per heavy atom. The van der Waals surface area contributed by atoms with Crippen molar-refractivity contribution in [3.05, 3.63) is 0 Å². The first-order valence-corrected chi connectivity index (χ1v) is 8.15. The fourth-order valence-electron chi connectivity index (χ4n) is 5.05. The van der Waals surface area contributed by atoms with Gasteiger partial charge in [-0.25, -0.2) is 0 Å². The van der Waals surface area contributed by atoms with Crippen molar-refractivity contribution >= 4 is 5.91 Å². The topological polar surface area (TPSA) is 58.6 Å². The van der Waals surface area contributed by atoms with Crippen molar-refractivity contribution in [1.82, 2.24) is 5.32 Å². The van der Waals surface area contributed by atoms with Crippen LogP contribution in [0.15, 0.2) is 0 Å². The van der Waals surface area contributed by atoms with Gasteiger partial charge in [-0.1, -0.05) is 26.2 Å². The van der Waals surface area contributed by atoms with E-state index in [4.69, 9.17) is 4.74 Å². The van der Waals surface area contributed by atoms with Crippen LogP contribution in [0.1, 0.15) is 59.3 Å². The van der Waals surface area contributed by atoms with Crippen LogP contribution >= 0.6 is 0 Å². The van der Waals surface area contributed by atoms with Gasteiger partial charge in [-0.2, -0.15) is 0 Å². The number of carbonyl (C=O) groups excluding carboxylic acids is 1. The van der Waals surface area contributed by atoms with Gasteiger partial charge in [0.05, 0.1) is 18.1 Å². The Hall–Kier alpha value is -0.610. The van der Waals surface area contributed by atoms with Gasteiger partial charge in [0.1, 0.15) is 11.1 Å². The van der Waals surface area contributed by atoms with Gasteiger partial charge in [0, 0.05) is 0 Å². The molecule has 5 unspecified atom stereocenters. The zero-order valence-corrected chi connectivity index (χ0v) is 12.8. The predicted octanol–water partition coefficient (Wildman–Crippen LogP) is 2.00. The molecule has 114 valence electrons. The highest BCUT2D eigenvalue weighted by Crippen LogP contribution is 2.56. The number of aliphatic hydroxyl groups is 1. The van der Waals surface area contributed by atoms with Gasteiger partial charge in [-0.15, -0.1) is 0 Å².